The molecule has 1 aliphatic heterocycles. The average molecular weight is 443 g/mol. The maximum Gasteiger partial charge on any atom is 0.173 e. The molecular weight excluding hydrogens is 420 g/mol. The van der Waals surface area contributed by atoms with Crippen LogP contribution >= 0.6 is 23.8 Å². The predicted molar refractivity (Wildman–Crippen MR) is 121 cm³/mol. The van der Waals surface area contributed by atoms with E-state index in [0.717, 1.165) is 35.2 Å². The number of halogens is 1. The molecule has 0 saturated heterocycles. The maximum atomic E-state index is 12.8. The van der Waals surface area contributed by atoms with Gasteiger partial charge in [0, 0.05) is 29.8 Å². The van der Waals surface area contributed by atoms with Crippen LogP contribution in [0.4, 0.5) is 0 Å². The fourth-order valence-electron chi connectivity index (χ4n) is 3.92. The molecule has 0 amide bonds. The molecule has 1 heterocycles. The SMILES string of the molecule is COc1ccc(C2NC(=S)N(C)C3=C2C(=O)CCC3)cc1OCc1ccc(Cl)cc1. The van der Waals surface area contributed by atoms with Gasteiger partial charge in [0.2, 0.25) is 0 Å². The number of carbonyl (C=O) groups is 1. The van der Waals surface area contributed by atoms with Crippen molar-refractivity contribution < 1.29 is 14.3 Å². The number of rotatable bonds is 5. The lowest BCUT2D eigenvalue weighted by Gasteiger charge is -2.39. The summed E-state index contributed by atoms with van der Waals surface area (Å²) in [7, 11) is 3.52. The number of nitrogens with zero attached hydrogens (tertiary/aromatic N) is 1. The van der Waals surface area contributed by atoms with Gasteiger partial charge < -0.3 is 19.7 Å². The summed E-state index contributed by atoms with van der Waals surface area (Å²) in [5.74, 6) is 1.41. The van der Waals surface area contributed by atoms with Crippen LogP contribution in [-0.2, 0) is 11.4 Å². The van der Waals surface area contributed by atoms with Crippen molar-refractivity contribution in [2.45, 2.75) is 31.9 Å². The van der Waals surface area contributed by atoms with Gasteiger partial charge in [0.25, 0.3) is 0 Å². The summed E-state index contributed by atoms with van der Waals surface area (Å²) >= 11 is 11.5. The molecule has 2 aromatic carbocycles. The van der Waals surface area contributed by atoms with Crippen LogP contribution in [0.1, 0.15) is 36.4 Å². The van der Waals surface area contributed by atoms with Crippen LogP contribution in [0.2, 0.25) is 5.02 Å². The zero-order valence-corrected chi connectivity index (χ0v) is 18.5. The Bertz CT molecular complexity index is 1020. The van der Waals surface area contributed by atoms with E-state index < -0.39 is 0 Å². The predicted octanol–water partition coefficient (Wildman–Crippen LogP) is 4.80. The van der Waals surface area contributed by atoms with Crippen molar-refractivity contribution in [1.29, 1.82) is 0 Å². The van der Waals surface area contributed by atoms with Gasteiger partial charge in [0.1, 0.15) is 6.61 Å². The number of thiocarbonyl (C=S) groups is 1. The molecule has 7 heteroatoms. The second-order valence-electron chi connectivity index (χ2n) is 7.40. The summed E-state index contributed by atoms with van der Waals surface area (Å²) in [6, 6.07) is 13.0. The first kappa shape index (κ1) is 20.7. The molecule has 156 valence electrons. The molecule has 4 rings (SSSR count). The molecule has 0 aromatic heterocycles. The van der Waals surface area contributed by atoms with E-state index in [4.69, 9.17) is 33.3 Å². The van der Waals surface area contributed by atoms with Crippen molar-refractivity contribution in [3.8, 4) is 11.5 Å². The molecule has 1 aliphatic carbocycles. The minimum Gasteiger partial charge on any atom is -0.493 e. The fraction of sp³-hybridized carbons (Fsp3) is 0.304. The van der Waals surface area contributed by atoms with Crippen LogP contribution in [0.15, 0.2) is 53.7 Å². The minimum atomic E-state index is -0.291. The van der Waals surface area contributed by atoms with Crippen LogP contribution < -0.4 is 14.8 Å². The minimum absolute atomic E-state index is 0.169. The van der Waals surface area contributed by atoms with Crippen LogP contribution in [0.5, 0.6) is 11.5 Å². The Hall–Kier alpha value is -2.57. The molecule has 0 spiro atoms. The van der Waals surface area contributed by atoms with Gasteiger partial charge in [-0.1, -0.05) is 29.8 Å². The van der Waals surface area contributed by atoms with Gasteiger partial charge in [-0.3, -0.25) is 4.79 Å². The second-order valence-corrected chi connectivity index (χ2v) is 8.23. The van der Waals surface area contributed by atoms with E-state index in [0.29, 0.717) is 34.7 Å². The average Bonchev–Trinajstić information content (AvgIpc) is 2.76. The van der Waals surface area contributed by atoms with Gasteiger partial charge >= 0.3 is 0 Å². The van der Waals surface area contributed by atoms with E-state index >= 15 is 0 Å². The number of hydrogen-bond donors (Lipinski definition) is 1. The van der Waals surface area contributed by atoms with E-state index in [1.54, 1.807) is 7.11 Å². The number of ketones is 1. The van der Waals surface area contributed by atoms with Gasteiger partial charge in [-0.2, -0.15) is 0 Å². The Balaban J connectivity index is 1.66. The highest BCUT2D eigenvalue weighted by Crippen LogP contribution is 2.39. The molecule has 2 aliphatic rings. The van der Waals surface area contributed by atoms with E-state index in [1.807, 2.05) is 54.4 Å². The first-order valence-corrected chi connectivity index (χ1v) is 10.6. The summed E-state index contributed by atoms with van der Waals surface area (Å²) in [4.78, 5) is 14.7. The highest BCUT2D eigenvalue weighted by molar-refractivity contribution is 7.80. The topological polar surface area (TPSA) is 50.8 Å². The molecule has 5 nitrogen and oxygen atoms in total. The number of ether oxygens (including phenoxy) is 2. The summed E-state index contributed by atoms with van der Waals surface area (Å²) in [5, 5.41) is 4.63. The molecule has 0 bridgehead atoms. The molecular formula is C23H23ClN2O3S. The quantitative estimate of drug-likeness (QED) is 0.671. The third-order valence-corrected chi connectivity index (χ3v) is 6.17. The van der Waals surface area contributed by atoms with Crippen molar-refractivity contribution in [2.75, 3.05) is 14.2 Å². The lowest BCUT2D eigenvalue weighted by molar-refractivity contribution is -0.116. The third-order valence-electron chi connectivity index (χ3n) is 5.52. The summed E-state index contributed by atoms with van der Waals surface area (Å²) < 4.78 is 11.5. The lowest BCUT2D eigenvalue weighted by Crippen LogP contribution is -2.47. The Morgan fingerprint density at radius 2 is 1.93 bits per heavy atom. The Kier molecular flexibility index (Phi) is 5.97. The second kappa shape index (κ2) is 8.66. The molecule has 0 fully saturated rings. The number of Topliss-reactive ketones (excluding diaryl/α,β-unsaturated/α-hetero) is 1. The molecule has 0 saturated carbocycles. The number of benzene rings is 2. The van der Waals surface area contributed by atoms with Crippen molar-refractivity contribution >= 4 is 34.7 Å². The number of methoxy groups -OCH3 is 1. The summed E-state index contributed by atoms with van der Waals surface area (Å²) in [6.07, 6.45) is 2.27. The summed E-state index contributed by atoms with van der Waals surface area (Å²) in [6.45, 7) is 0.378. The number of allylic oxidation sites excluding steroid dienone is 1. The standard InChI is InChI=1S/C23H23ClN2O3S/c1-26-17-4-3-5-18(27)21(17)22(25-23(26)30)15-8-11-19(28-2)20(12-15)29-13-14-6-9-16(24)10-7-14/h6-12,22H,3-5,13H2,1-2H3,(H,25,30). The molecule has 2 aromatic rings. The molecule has 1 N–H and O–H groups in total. The fourth-order valence-corrected chi connectivity index (χ4v) is 4.27. The largest absolute Gasteiger partial charge is 0.493 e. The van der Waals surface area contributed by atoms with Crippen LogP contribution in [0, 0.1) is 0 Å². The highest BCUT2D eigenvalue weighted by Gasteiger charge is 2.36. The van der Waals surface area contributed by atoms with Gasteiger partial charge in [0.05, 0.1) is 13.2 Å². The van der Waals surface area contributed by atoms with Crippen LogP contribution in [0.25, 0.3) is 0 Å². The van der Waals surface area contributed by atoms with Gasteiger partial charge in [0.15, 0.2) is 22.4 Å². The third kappa shape index (κ3) is 4.02. The first-order valence-electron chi connectivity index (χ1n) is 9.83. The number of carbonyl (C=O) groups excluding carboxylic acids is 1. The Morgan fingerprint density at radius 1 is 1.17 bits per heavy atom. The molecule has 1 atom stereocenters. The lowest BCUT2D eigenvalue weighted by atomic mass is 9.85. The number of hydrogen-bond acceptors (Lipinski definition) is 4. The molecule has 0 radical (unpaired) electrons. The van der Waals surface area contributed by atoms with Crippen molar-refractivity contribution in [2.24, 2.45) is 0 Å². The Labute approximate surface area is 186 Å². The maximum absolute atomic E-state index is 12.8. The van der Waals surface area contributed by atoms with E-state index in [1.165, 1.54) is 0 Å². The van der Waals surface area contributed by atoms with Crippen LogP contribution in [0.3, 0.4) is 0 Å². The van der Waals surface area contributed by atoms with Gasteiger partial charge in [-0.15, -0.1) is 0 Å². The van der Waals surface area contributed by atoms with E-state index in [9.17, 15) is 4.79 Å². The monoisotopic (exact) mass is 442 g/mol. The van der Waals surface area contributed by atoms with Crippen molar-refractivity contribution in [1.82, 2.24) is 10.2 Å². The normalized spacial score (nSPS) is 18.8. The van der Waals surface area contributed by atoms with E-state index in [-0.39, 0.29) is 11.8 Å². The zero-order valence-electron chi connectivity index (χ0n) is 16.9. The van der Waals surface area contributed by atoms with Gasteiger partial charge in [-0.05, 0) is 60.5 Å². The smallest absolute Gasteiger partial charge is 0.173 e. The zero-order chi connectivity index (χ0) is 21.3. The first-order chi connectivity index (χ1) is 14.5. The van der Waals surface area contributed by atoms with Crippen molar-refractivity contribution in [3.05, 3.63) is 69.9 Å². The molecule has 1 unspecified atom stereocenters. The Morgan fingerprint density at radius 3 is 2.67 bits per heavy atom. The highest BCUT2D eigenvalue weighted by atomic mass is 35.5. The van der Waals surface area contributed by atoms with Crippen LogP contribution in [-0.4, -0.2) is 30.0 Å². The van der Waals surface area contributed by atoms with Crippen molar-refractivity contribution in [3.63, 3.8) is 0 Å². The number of nitrogens with one attached hydrogen (secondary N) is 1. The van der Waals surface area contributed by atoms with Gasteiger partial charge in [-0.25, -0.2) is 0 Å². The summed E-state index contributed by atoms with van der Waals surface area (Å²) in [5.41, 5.74) is 3.73. The molecule has 30 heavy (non-hydrogen) atoms. The van der Waals surface area contributed by atoms with E-state index in [2.05, 4.69) is 5.32 Å².